The van der Waals surface area contributed by atoms with E-state index in [2.05, 4.69) is 32.6 Å². The molecule has 0 radical (unpaired) electrons. The Hall–Kier alpha value is -1.97. The van der Waals surface area contributed by atoms with Gasteiger partial charge in [0.15, 0.2) is 17.3 Å². The predicted octanol–water partition coefficient (Wildman–Crippen LogP) is 3.84. The number of nitrogens with zero attached hydrogens (tertiary/aromatic N) is 1. The van der Waals surface area contributed by atoms with E-state index in [1.807, 2.05) is 12.1 Å². The zero-order valence-corrected chi connectivity index (χ0v) is 15.7. The minimum atomic E-state index is 0.166. The first kappa shape index (κ1) is 16.5. The molecule has 2 fully saturated rings. The van der Waals surface area contributed by atoms with Gasteiger partial charge < -0.3 is 14.7 Å². The average molecular weight is 341 g/mol. The Morgan fingerprint density at radius 3 is 2.72 bits per heavy atom. The molecule has 0 spiro atoms. The Bertz CT molecular complexity index is 793. The van der Waals surface area contributed by atoms with E-state index in [4.69, 9.17) is 4.74 Å². The van der Waals surface area contributed by atoms with E-state index in [-0.39, 0.29) is 17.2 Å². The molecule has 1 aromatic rings. The average Bonchev–Trinajstić information content (AvgIpc) is 2.91. The molecule has 1 N–H and O–H groups in total. The van der Waals surface area contributed by atoms with Gasteiger partial charge in [-0.1, -0.05) is 13.8 Å². The number of hydrogen-bond acceptors (Lipinski definition) is 4. The highest BCUT2D eigenvalue weighted by molar-refractivity contribution is 6.01. The summed E-state index contributed by atoms with van der Waals surface area (Å²) in [5.74, 6) is 2.02. The first-order valence-corrected chi connectivity index (χ1v) is 9.17. The lowest BCUT2D eigenvalue weighted by Gasteiger charge is -2.39. The summed E-state index contributed by atoms with van der Waals surface area (Å²) in [5, 5.41) is 10.0. The van der Waals surface area contributed by atoms with Crippen LogP contribution >= 0.6 is 0 Å². The lowest BCUT2D eigenvalue weighted by Crippen LogP contribution is -2.34. The molecule has 1 aromatic carbocycles. The summed E-state index contributed by atoms with van der Waals surface area (Å²) in [5.41, 5.74) is 4.83. The fourth-order valence-corrected chi connectivity index (χ4v) is 5.22. The summed E-state index contributed by atoms with van der Waals surface area (Å²) in [6.07, 6.45) is 1.58. The van der Waals surface area contributed by atoms with Crippen LogP contribution in [0.3, 0.4) is 0 Å². The van der Waals surface area contributed by atoms with Crippen molar-refractivity contribution in [3.63, 3.8) is 0 Å². The Labute approximate surface area is 149 Å². The van der Waals surface area contributed by atoms with Crippen molar-refractivity contribution in [1.29, 1.82) is 0 Å². The zero-order valence-electron chi connectivity index (χ0n) is 15.7. The van der Waals surface area contributed by atoms with E-state index in [0.29, 0.717) is 29.8 Å². The van der Waals surface area contributed by atoms with Crippen LogP contribution in [-0.2, 0) is 11.2 Å². The highest BCUT2D eigenvalue weighted by Gasteiger charge is 2.65. The number of benzene rings is 1. The molecule has 2 aliphatic carbocycles. The molecule has 0 amide bonds. The maximum absolute atomic E-state index is 12.5. The van der Waals surface area contributed by atoms with Gasteiger partial charge in [-0.25, -0.2) is 0 Å². The number of carbonyl (C=O) groups excluding carboxylic acids is 1. The van der Waals surface area contributed by atoms with Gasteiger partial charge in [-0.3, -0.25) is 4.79 Å². The normalized spacial score (nSPS) is 31.5. The molecule has 0 bridgehead atoms. The van der Waals surface area contributed by atoms with Gasteiger partial charge in [0.25, 0.3) is 0 Å². The monoisotopic (exact) mass is 341 g/mol. The lowest BCUT2D eigenvalue weighted by molar-refractivity contribution is -0.115. The first-order valence-electron chi connectivity index (χ1n) is 9.17. The third-order valence-corrected chi connectivity index (χ3v) is 6.87. The summed E-state index contributed by atoms with van der Waals surface area (Å²) >= 11 is 0. The van der Waals surface area contributed by atoms with Crippen molar-refractivity contribution in [2.24, 2.45) is 17.3 Å². The van der Waals surface area contributed by atoms with E-state index < -0.39 is 0 Å². The molecule has 3 aliphatic rings. The number of allylic oxidation sites excluding steroid dienone is 2. The quantitative estimate of drug-likeness (QED) is 0.831. The molecule has 2 unspecified atom stereocenters. The van der Waals surface area contributed by atoms with Gasteiger partial charge in [0, 0.05) is 24.2 Å². The Morgan fingerprint density at radius 1 is 1.36 bits per heavy atom. The summed E-state index contributed by atoms with van der Waals surface area (Å²) in [4.78, 5) is 14.9. The standard InChI is InChI=1S/C21H27NO3/c1-11-14-9-18(25-5)16(23)8-13(14)6-7-22(11)12(2)19-17(24)10-15-20(19)21(15,3)4/h8-9,11,15,20,23H,6-7,10H2,1-5H3/t11-,15?,20?/m1/s1. The van der Waals surface area contributed by atoms with Gasteiger partial charge in [-0.05, 0) is 60.8 Å². The number of Topliss-reactive ketones (excluding diaryl/α,β-unsaturated/α-hetero) is 1. The highest BCUT2D eigenvalue weighted by Crippen LogP contribution is 2.68. The van der Waals surface area contributed by atoms with E-state index >= 15 is 0 Å². The van der Waals surface area contributed by atoms with Crippen LogP contribution in [0.1, 0.15) is 51.3 Å². The molecule has 1 aliphatic heterocycles. The molecule has 2 saturated carbocycles. The number of phenols is 1. The van der Waals surface area contributed by atoms with Gasteiger partial charge >= 0.3 is 0 Å². The van der Waals surface area contributed by atoms with E-state index in [0.717, 1.165) is 24.2 Å². The number of hydrogen-bond donors (Lipinski definition) is 1. The van der Waals surface area contributed by atoms with Crippen molar-refractivity contribution < 1.29 is 14.6 Å². The summed E-state index contributed by atoms with van der Waals surface area (Å²) in [6.45, 7) is 9.73. The number of aromatic hydroxyl groups is 1. The molecular formula is C21H27NO3. The SMILES string of the molecule is COc1cc2c(cc1O)CCN(C(C)=C1C(=O)CC3C1C3(C)C)[C@@H]2C. The zero-order chi connectivity index (χ0) is 18.1. The molecular weight excluding hydrogens is 314 g/mol. The molecule has 3 atom stereocenters. The van der Waals surface area contributed by atoms with Gasteiger partial charge in [-0.2, -0.15) is 0 Å². The topological polar surface area (TPSA) is 49.8 Å². The molecule has 0 aromatic heterocycles. The second kappa shape index (κ2) is 5.26. The van der Waals surface area contributed by atoms with Crippen LogP contribution < -0.4 is 4.74 Å². The predicted molar refractivity (Wildman–Crippen MR) is 96.6 cm³/mol. The summed E-state index contributed by atoms with van der Waals surface area (Å²) in [7, 11) is 1.58. The first-order chi connectivity index (χ1) is 11.8. The van der Waals surface area contributed by atoms with Crippen LogP contribution in [0.4, 0.5) is 0 Å². The van der Waals surface area contributed by atoms with Crippen LogP contribution in [0.2, 0.25) is 0 Å². The van der Waals surface area contributed by atoms with Gasteiger partial charge in [0.05, 0.1) is 13.2 Å². The van der Waals surface area contributed by atoms with Gasteiger partial charge in [0.2, 0.25) is 0 Å². The Kier molecular flexibility index (Phi) is 3.47. The van der Waals surface area contributed by atoms with Gasteiger partial charge in [0.1, 0.15) is 0 Å². The fraction of sp³-hybridized carbons (Fsp3) is 0.571. The lowest BCUT2D eigenvalue weighted by atomic mass is 9.90. The van der Waals surface area contributed by atoms with E-state index in [1.54, 1.807) is 7.11 Å². The number of ketones is 1. The molecule has 4 nitrogen and oxygen atoms in total. The third kappa shape index (κ3) is 2.22. The van der Waals surface area contributed by atoms with Gasteiger partial charge in [-0.15, -0.1) is 0 Å². The van der Waals surface area contributed by atoms with Crippen LogP contribution in [-0.4, -0.2) is 29.4 Å². The minimum Gasteiger partial charge on any atom is -0.504 e. The van der Waals surface area contributed by atoms with Crippen molar-refractivity contribution in [3.8, 4) is 11.5 Å². The summed E-state index contributed by atoms with van der Waals surface area (Å²) in [6, 6.07) is 3.94. The number of methoxy groups -OCH3 is 1. The number of carbonyl (C=O) groups is 1. The smallest absolute Gasteiger partial charge is 0.161 e. The second-order valence-corrected chi connectivity index (χ2v) is 8.37. The molecule has 134 valence electrons. The maximum Gasteiger partial charge on any atom is 0.161 e. The molecule has 4 rings (SSSR count). The number of ether oxygens (including phenoxy) is 1. The number of rotatable bonds is 2. The Morgan fingerprint density at radius 2 is 2.08 bits per heavy atom. The van der Waals surface area contributed by atoms with E-state index in [1.165, 1.54) is 11.1 Å². The second-order valence-electron chi connectivity index (χ2n) is 8.37. The van der Waals surface area contributed by atoms with Crippen molar-refractivity contribution in [3.05, 3.63) is 34.5 Å². The summed E-state index contributed by atoms with van der Waals surface area (Å²) < 4.78 is 5.29. The third-order valence-electron chi connectivity index (χ3n) is 6.87. The van der Waals surface area contributed by atoms with E-state index in [9.17, 15) is 9.90 Å². The Balaban J connectivity index is 1.71. The maximum atomic E-state index is 12.5. The minimum absolute atomic E-state index is 0.166. The molecule has 1 heterocycles. The van der Waals surface area contributed by atoms with Crippen LogP contribution in [0.5, 0.6) is 11.5 Å². The van der Waals surface area contributed by atoms with Crippen LogP contribution in [0, 0.1) is 17.3 Å². The molecule has 0 saturated heterocycles. The highest BCUT2D eigenvalue weighted by atomic mass is 16.5. The number of fused-ring (bicyclic) bond motifs is 2. The van der Waals surface area contributed by atoms with Crippen LogP contribution in [0.25, 0.3) is 0 Å². The number of phenolic OH excluding ortho intramolecular Hbond substituents is 1. The van der Waals surface area contributed by atoms with Crippen molar-refractivity contribution in [2.75, 3.05) is 13.7 Å². The van der Waals surface area contributed by atoms with Crippen molar-refractivity contribution >= 4 is 5.78 Å². The fourth-order valence-electron chi connectivity index (χ4n) is 5.22. The van der Waals surface area contributed by atoms with Crippen molar-refractivity contribution in [1.82, 2.24) is 4.90 Å². The molecule has 4 heteroatoms. The molecule has 25 heavy (non-hydrogen) atoms. The largest absolute Gasteiger partial charge is 0.504 e. The van der Waals surface area contributed by atoms with Crippen molar-refractivity contribution in [2.45, 2.75) is 46.6 Å². The van der Waals surface area contributed by atoms with Crippen LogP contribution in [0.15, 0.2) is 23.4 Å².